The van der Waals surface area contributed by atoms with E-state index in [9.17, 15) is 4.79 Å². The number of aliphatic carboxylic acids is 1. The fourth-order valence-corrected chi connectivity index (χ4v) is 1.88. The van der Waals surface area contributed by atoms with E-state index in [4.69, 9.17) is 9.84 Å². The van der Waals surface area contributed by atoms with E-state index in [1.54, 1.807) is 6.92 Å². The second kappa shape index (κ2) is 4.43. The number of ether oxygens (including phenoxy) is 1. The highest BCUT2D eigenvalue weighted by atomic mass is 16.5. The standard InChI is InChI=1S/C12H15NO3/c1-2-10(12(14)15)16-11-5-3-4-9-8(11)6-7-13-9/h3-5,10,13H,2,6-7H2,1H3,(H,14,15)/t10-/m0/s1. The predicted octanol–water partition coefficient (Wildman–Crippen LogP) is 1.90. The fraction of sp³-hybridized carbons (Fsp3) is 0.417. The molecular weight excluding hydrogens is 206 g/mol. The third kappa shape index (κ3) is 1.96. The van der Waals surface area contributed by atoms with Crippen LogP contribution in [0.4, 0.5) is 5.69 Å². The summed E-state index contributed by atoms with van der Waals surface area (Å²) < 4.78 is 5.53. The topological polar surface area (TPSA) is 58.6 Å². The number of hydrogen-bond acceptors (Lipinski definition) is 3. The van der Waals surface area contributed by atoms with E-state index in [0.717, 1.165) is 24.2 Å². The maximum atomic E-state index is 10.9. The van der Waals surface area contributed by atoms with Gasteiger partial charge in [-0.25, -0.2) is 4.79 Å². The SMILES string of the molecule is CC[C@H](Oc1cccc2c1CCN2)C(=O)O. The second-order valence-electron chi connectivity index (χ2n) is 3.81. The van der Waals surface area contributed by atoms with Crippen molar-refractivity contribution in [3.8, 4) is 5.75 Å². The van der Waals surface area contributed by atoms with Crippen molar-refractivity contribution >= 4 is 11.7 Å². The van der Waals surface area contributed by atoms with Gasteiger partial charge in [-0.15, -0.1) is 0 Å². The first-order valence-corrected chi connectivity index (χ1v) is 5.47. The average Bonchev–Trinajstić information content (AvgIpc) is 2.73. The van der Waals surface area contributed by atoms with Crippen LogP contribution >= 0.6 is 0 Å². The summed E-state index contributed by atoms with van der Waals surface area (Å²) in [5.41, 5.74) is 2.14. The van der Waals surface area contributed by atoms with Crippen LogP contribution in [0.1, 0.15) is 18.9 Å². The molecule has 0 aliphatic carbocycles. The van der Waals surface area contributed by atoms with Crippen molar-refractivity contribution in [1.82, 2.24) is 0 Å². The summed E-state index contributed by atoms with van der Waals surface area (Å²) >= 11 is 0. The van der Waals surface area contributed by atoms with Crippen LogP contribution in [0.3, 0.4) is 0 Å². The summed E-state index contributed by atoms with van der Waals surface area (Å²) in [6, 6.07) is 5.69. The van der Waals surface area contributed by atoms with Crippen LogP contribution in [-0.2, 0) is 11.2 Å². The molecule has 1 aliphatic rings. The Morgan fingerprint density at radius 2 is 2.44 bits per heavy atom. The Morgan fingerprint density at radius 1 is 1.62 bits per heavy atom. The summed E-state index contributed by atoms with van der Waals surface area (Å²) in [5, 5.41) is 12.2. The van der Waals surface area contributed by atoms with Crippen molar-refractivity contribution in [2.75, 3.05) is 11.9 Å². The normalized spacial score (nSPS) is 15.1. The molecule has 0 bridgehead atoms. The number of carboxylic acid groups (broad SMARTS) is 1. The van der Waals surface area contributed by atoms with Gasteiger partial charge in [-0.1, -0.05) is 13.0 Å². The minimum atomic E-state index is -0.911. The Labute approximate surface area is 94.2 Å². The molecule has 0 fully saturated rings. The molecular formula is C12H15NO3. The van der Waals surface area contributed by atoms with Crippen molar-refractivity contribution in [1.29, 1.82) is 0 Å². The molecule has 0 radical (unpaired) electrons. The largest absolute Gasteiger partial charge is 0.479 e. The Bertz CT molecular complexity index is 403. The monoisotopic (exact) mass is 221 g/mol. The predicted molar refractivity (Wildman–Crippen MR) is 61.0 cm³/mol. The molecule has 1 aromatic carbocycles. The van der Waals surface area contributed by atoms with E-state index in [2.05, 4.69) is 5.32 Å². The van der Waals surface area contributed by atoms with Gasteiger partial charge in [-0.05, 0) is 25.0 Å². The van der Waals surface area contributed by atoms with Gasteiger partial charge in [0, 0.05) is 17.8 Å². The van der Waals surface area contributed by atoms with Crippen LogP contribution in [0.5, 0.6) is 5.75 Å². The van der Waals surface area contributed by atoms with Crippen molar-refractivity contribution in [3.05, 3.63) is 23.8 Å². The van der Waals surface area contributed by atoms with Gasteiger partial charge in [0.25, 0.3) is 0 Å². The van der Waals surface area contributed by atoms with E-state index in [0.29, 0.717) is 12.2 Å². The molecule has 0 spiro atoms. The minimum Gasteiger partial charge on any atom is -0.479 e. The Hall–Kier alpha value is -1.71. The first-order chi connectivity index (χ1) is 7.72. The molecule has 0 saturated carbocycles. The average molecular weight is 221 g/mol. The van der Waals surface area contributed by atoms with Crippen molar-refractivity contribution in [3.63, 3.8) is 0 Å². The molecule has 0 unspecified atom stereocenters. The van der Waals surface area contributed by atoms with Crippen LogP contribution in [0.15, 0.2) is 18.2 Å². The second-order valence-corrected chi connectivity index (χ2v) is 3.81. The zero-order valence-corrected chi connectivity index (χ0v) is 9.19. The molecule has 0 saturated heterocycles. The first kappa shape index (κ1) is 10.8. The van der Waals surface area contributed by atoms with Crippen LogP contribution in [0.25, 0.3) is 0 Å². The molecule has 4 nitrogen and oxygen atoms in total. The first-order valence-electron chi connectivity index (χ1n) is 5.47. The van der Waals surface area contributed by atoms with Crippen LogP contribution < -0.4 is 10.1 Å². The molecule has 16 heavy (non-hydrogen) atoms. The zero-order valence-electron chi connectivity index (χ0n) is 9.19. The zero-order chi connectivity index (χ0) is 11.5. The lowest BCUT2D eigenvalue weighted by Gasteiger charge is -2.15. The molecule has 1 aromatic rings. The number of anilines is 1. The highest BCUT2D eigenvalue weighted by molar-refractivity contribution is 5.73. The summed E-state index contributed by atoms with van der Waals surface area (Å²) in [4.78, 5) is 10.9. The minimum absolute atomic E-state index is 0.465. The third-order valence-electron chi connectivity index (χ3n) is 2.74. The maximum absolute atomic E-state index is 10.9. The van der Waals surface area contributed by atoms with Crippen molar-refractivity contribution < 1.29 is 14.6 Å². The summed E-state index contributed by atoms with van der Waals surface area (Å²) in [7, 11) is 0. The van der Waals surface area contributed by atoms with Crippen LogP contribution in [0.2, 0.25) is 0 Å². The molecule has 2 N–H and O–H groups in total. The van der Waals surface area contributed by atoms with E-state index in [-0.39, 0.29) is 0 Å². The number of fused-ring (bicyclic) bond motifs is 1. The molecule has 1 heterocycles. The molecule has 1 aliphatic heterocycles. The lowest BCUT2D eigenvalue weighted by Crippen LogP contribution is -2.26. The van der Waals surface area contributed by atoms with Gasteiger partial charge in [0.1, 0.15) is 5.75 Å². The van der Waals surface area contributed by atoms with Crippen molar-refractivity contribution in [2.45, 2.75) is 25.9 Å². The van der Waals surface area contributed by atoms with Gasteiger partial charge in [-0.3, -0.25) is 0 Å². The molecule has 1 atom stereocenters. The van der Waals surface area contributed by atoms with Gasteiger partial charge in [-0.2, -0.15) is 0 Å². The summed E-state index contributed by atoms with van der Waals surface area (Å²) in [6.07, 6.45) is 0.598. The highest BCUT2D eigenvalue weighted by Gasteiger charge is 2.21. The Morgan fingerprint density at radius 3 is 3.12 bits per heavy atom. The highest BCUT2D eigenvalue weighted by Crippen LogP contribution is 2.31. The molecule has 0 amide bonds. The summed E-state index contributed by atoms with van der Waals surface area (Å²) in [6.45, 7) is 2.69. The third-order valence-corrected chi connectivity index (χ3v) is 2.74. The fourth-order valence-electron chi connectivity index (χ4n) is 1.88. The van der Waals surface area contributed by atoms with E-state index in [1.165, 1.54) is 0 Å². The van der Waals surface area contributed by atoms with Crippen LogP contribution in [0, 0.1) is 0 Å². The number of rotatable bonds is 4. The lowest BCUT2D eigenvalue weighted by molar-refractivity contribution is -0.145. The van der Waals surface area contributed by atoms with Gasteiger partial charge < -0.3 is 15.2 Å². The molecule has 0 aromatic heterocycles. The maximum Gasteiger partial charge on any atom is 0.344 e. The number of carboxylic acids is 1. The van der Waals surface area contributed by atoms with Gasteiger partial charge in [0.05, 0.1) is 0 Å². The van der Waals surface area contributed by atoms with E-state index < -0.39 is 12.1 Å². The Balaban J connectivity index is 2.21. The van der Waals surface area contributed by atoms with Crippen LogP contribution in [-0.4, -0.2) is 23.7 Å². The van der Waals surface area contributed by atoms with Crippen molar-refractivity contribution in [2.24, 2.45) is 0 Å². The summed E-state index contributed by atoms with van der Waals surface area (Å²) in [5.74, 6) is -0.220. The number of benzene rings is 1. The number of carbonyl (C=O) groups is 1. The van der Waals surface area contributed by atoms with E-state index >= 15 is 0 Å². The quantitative estimate of drug-likeness (QED) is 0.815. The molecule has 2 rings (SSSR count). The van der Waals surface area contributed by atoms with Gasteiger partial charge >= 0.3 is 5.97 Å². The Kier molecular flexibility index (Phi) is 2.99. The van der Waals surface area contributed by atoms with Gasteiger partial charge in [0.15, 0.2) is 6.10 Å². The molecule has 4 heteroatoms. The number of nitrogens with one attached hydrogen (secondary N) is 1. The molecule has 86 valence electrons. The van der Waals surface area contributed by atoms with E-state index in [1.807, 2.05) is 18.2 Å². The number of hydrogen-bond donors (Lipinski definition) is 2. The van der Waals surface area contributed by atoms with Gasteiger partial charge in [0.2, 0.25) is 0 Å². The lowest BCUT2D eigenvalue weighted by atomic mass is 10.1. The smallest absolute Gasteiger partial charge is 0.344 e.